The average molecular weight is 1230 g/mol. The van der Waals surface area contributed by atoms with E-state index in [-0.39, 0.29) is 35.4 Å². The lowest BCUT2D eigenvalue weighted by atomic mass is 9.41. The molecular formula is C54H84O27S2. The molecule has 5 saturated heterocycles. The first-order valence-corrected chi connectivity index (χ1v) is 31.1. The molecule has 8 fully saturated rings. The minimum atomic E-state index is -5.21. The Kier molecular flexibility index (Phi) is 18.5. The van der Waals surface area contributed by atoms with E-state index in [4.69, 9.17) is 51.6 Å². The molecule has 5 heterocycles. The molecule has 4 aliphatic carbocycles. The van der Waals surface area contributed by atoms with Crippen molar-refractivity contribution in [2.75, 3.05) is 20.3 Å². The molecule has 3 saturated carbocycles. The van der Waals surface area contributed by atoms with Crippen LogP contribution in [-0.2, 0) is 86.1 Å². The molecule has 29 heteroatoms. The summed E-state index contributed by atoms with van der Waals surface area (Å²) in [6.45, 7) is 17.4. The Balaban J connectivity index is 0.916. The number of esters is 1. The van der Waals surface area contributed by atoms with Gasteiger partial charge in [0.25, 0.3) is 0 Å². The van der Waals surface area contributed by atoms with Gasteiger partial charge in [-0.3, -0.25) is 18.7 Å². The van der Waals surface area contributed by atoms with Crippen LogP contribution >= 0.6 is 0 Å². The van der Waals surface area contributed by atoms with Crippen molar-refractivity contribution >= 4 is 32.6 Å². The van der Waals surface area contributed by atoms with Crippen LogP contribution in [0.1, 0.15) is 113 Å². The molecule has 0 bridgehead atoms. The number of methoxy groups -OCH3 is 1. The van der Waals surface area contributed by atoms with Gasteiger partial charge in [-0.25, -0.2) is 8.37 Å². The van der Waals surface area contributed by atoms with Crippen LogP contribution in [0.15, 0.2) is 23.8 Å². The zero-order chi connectivity index (χ0) is 61.1. The fourth-order valence-electron chi connectivity index (χ4n) is 16.1. The summed E-state index contributed by atoms with van der Waals surface area (Å²) in [4.78, 5) is 28.7. The number of hydrogen-bond acceptors (Lipinski definition) is 25. The number of allylic oxidation sites excluding steroid dienone is 3. The summed E-state index contributed by atoms with van der Waals surface area (Å²) in [6, 6.07) is 0. The summed E-state index contributed by atoms with van der Waals surface area (Å²) < 4.78 is 135. The van der Waals surface area contributed by atoms with E-state index in [1.165, 1.54) is 21.0 Å². The lowest BCUT2D eigenvalue weighted by molar-refractivity contribution is -0.388. The quantitative estimate of drug-likeness (QED) is 0.0512. The topological polar surface area (TPSA) is 395 Å². The van der Waals surface area contributed by atoms with Gasteiger partial charge in [0.15, 0.2) is 25.2 Å². The van der Waals surface area contributed by atoms with E-state index in [0.717, 1.165) is 24.0 Å². The Morgan fingerprint density at radius 3 is 2.00 bits per heavy atom. The molecule has 9 aliphatic rings. The fourth-order valence-corrected chi connectivity index (χ4v) is 16.9. The summed E-state index contributed by atoms with van der Waals surface area (Å²) in [5.74, 6) is -0.874. The van der Waals surface area contributed by atoms with Gasteiger partial charge in [0.2, 0.25) is 0 Å². The molecule has 0 radical (unpaired) electrons. The Morgan fingerprint density at radius 1 is 0.723 bits per heavy atom. The summed E-state index contributed by atoms with van der Waals surface area (Å²) in [5, 5.41) is 79.6. The molecular weight excluding hydrogens is 1140 g/mol. The van der Waals surface area contributed by atoms with Crippen LogP contribution < -0.4 is 0 Å². The van der Waals surface area contributed by atoms with E-state index in [2.05, 4.69) is 44.5 Å². The third kappa shape index (κ3) is 11.7. The first-order chi connectivity index (χ1) is 38.5. The molecule has 9 rings (SSSR count). The van der Waals surface area contributed by atoms with E-state index in [0.29, 0.717) is 38.5 Å². The van der Waals surface area contributed by atoms with Crippen molar-refractivity contribution < 1.29 is 127 Å². The maximum atomic E-state index is 14.4. The van der Waals surface area contributed by atoms with Crippen LogP contribution in [0.4, 0.5) is 0 Å². The second kappa shape index (κ2) is 23.6. The molecule has 27 nitrogen and oxygen atoms in total. The fraction of sp³-hybridized carbons (Fsp3) is 0.889. The average Bonchev–Trinajstić information content (AvgIpc) is 1.58. The first-order valence-electron chi connectivity index (χ1n) is 28.4. The molecule has 9 N–H and O–H groups in total. The molecule has 0 unspecified atom stereocenters. The van der Waals surface area contributed by atoms with Gasteiger partial charge in [-0.15, -0.1) is 6.58 Å². The van der Waals surface area contributed by atoms with E-state index < -0.39 is 185 Å². The van der Waals surface area contributed by atoms with E-state index in [1.54, 1.807) is 0 Å². The monoisotopic (exact) mass is 1230 g/mol. The van der Waals surface area contributed by atoms with Gasteiger partial charge in [-0.05, 0) is 102 Å². The number of hydrogen-bond donors (Lipinski definition) is 9. The molecule has 474 valence electrons. The number of fused-ring (bicyclic) bond motifs is 4. The van der Waals surface area contributed by atoms with Gasteiger partial charge in [-0.1, -0.05) is 44.9 Å². The smallest absolute Gasteiger partial charge is 0.397 e. The van der Waals surface area contributed by atoms with Gasteiger partial charge in [0.05, 0.1) is 42.9 Å². The van der Waals surface area contributed by atoms with Gasteiger partial charge in [0.1, 0.15) is 90.7 Å². The number of rotatable bonds is 18. The maximum absolute atomic E-state index is 14.4. The van der Waals surface area contributed by atoms with Crippen LogP contribution in [-0.4, -0.2) is 222 Å². The highest BCUT2D eigenvalue weighted by Crippen LogP contribution is 2.75. The van der Waals surface area contributed by atoms with Crippen molar-refractivity contribution in [3.05, 3.63) is 23.8 Å². The molecule has 5 aliphatic heterocycles. The largest absolute Gasteiger partial charge is 0.458 e. The van der Waals surface area contributed by atoms with Crippen LogP contribution in [0, 0.1) is 39.4 Å². The number of aliphatic hydroxyl groups is 7. The number of cyclic esters (lactones) is 1. The first kappa shape index (κ1) is 65.2. The van der Waals surface area contributed by atoms with Gasteiger partial charge >= 0.3 is 26.8 Å². The maximum Gasteiger partial charge on any atom is 0.397 e. The molecule has 0 aromatic heterocycles. The van der Waals surface area contributed by atoms with Crippen LogP contribution in [0.3, 0.4) is 0 Å². The van der Waals surface area contributed by atoms with Crippen molar-refractivity contribution in [3.8, 4) is 0 Å². The Bertz CT molecular complexity index is 2680. The Hall–Kier alpha value is -2.28. The summed E-state index contributed by atoms with van der Waals surface area (Å²) >= 11 is 0. The molecule has 0 amide bonds. The second-order valence-corrected chi connectivity index (χ2v) is 27.9. The molecule has 27 atom stereocenters. The zero-order valence-electron chi connectivity index (χ0n) is 48.0. The number of aliphatic hydroxyl groups excluding tert-OH is 7. The Morgan fingerprint density at radius 2 is 1.35 bits per heavy atom. The van der Waals surface area contributed by atoms with Gasteiger partial charge < -0.3 is 83.1 Å². The van der Waals surface area contributed by atoms with Crippen molar-refractivity contribution in [1.82, 2.24) is 0 Å². The number of carbonyl (C=O) groups excluding carboxylic acids is 2. The lowest BCUT2D eigenvalue weighted by Crippen LogP contribution is -2.67. The summed E-state index contributed by atoms with van der Waals surface area (Å²) in [7, 11) is -9.16. The number of carbonyl (C=O) groups is 2. The van der Waals surface area contributed by atoms with Crippen LogP contribution in [0.2, 0.25) is 0 Å². The summed E-state index contributed by atoms with van der Waals surface area (Å²) in [5.41, 5.74) is -1.57. The molecule has 1 spiro atoms. The van der Waals surface area contributed by atoms with Gasteiger partial charge in [0, 0.05) is 18.9 Å². The van der Waals surface area contributed by atoms with Crippen molar-refractivity contribution in [3.63, 3.8) is 0 Å². The number of ketones is 1. The standard InChI is InChI=1S/C54H84O27S2/c1-23(2)12-11-17-53(9)44-28(55)20-52(8)27-13-14-31-50(5,6)32(16-18-51(31,7)26(27)15-19-54(44,52)49(63)80-53)76-48-43(35(58)30(21-71-48)81-83(67,68)69)79-45-37(60)36(59)40(25(4)74-45)77-47-39(62)42(34(57)29(75-47)22-72-82(64,65)66)78-46-38(61)41(70-10)33(56)24(3)73-46/h13,24-26,29-48,56-62H,1,11-12,14-22H2,2-10H3,(H,64,65,66)(H,67,68,69)/t24-,25-,26+,29-,30-,31+,32+,33-,34-,35+,36-,37-,38-,39-,40-,41+,42+,43-,44-,45+,46+,47+,48+,51-,52+,53+,54-/m1/s1. The molecule has 83 heavy (non-hydrogen) atoms. The third-order valence-corrected chi connectivity index (χ3v) is 21.2. The normalized spacial score (nSPS) is 49.0. The third-order valence-electron chi connectivity index (χ3n) is 20.3. The van der Waals surface area contributed by atoms with E-state index in [1.807, 2.05) is 13.8 Å². The van der Waals surface area contributed by atoms with Crippen molar-refractivity contribution in [1.29, 1.82) is 0 Å². The predicted molar refractivity (Wildman–Crippen MR) is 280 cm³/mol. The minimum Gasteiger partial charge on any atom is -0.458 e. The van der Waals surface area contributed by atoms with E-state index >= 15 is 0 Å². The zero-order valence-corrected chi connectivity index (χ0v) is 49.7. The van der Waals surface area contributed by atoms with Crippen LogP contribution in [0.5, 0.6) is 0 Å². The van der Waals surface area contributed by atoms with E-state index in [9.17, 15) is 71.3 Å². The lowest BCUT2D eigenvalue weighted by Gasteiger charge is -2.63. The van der Waals surface area contributed by atoms with Crippen molar-refractivity contribution in [2.24, 2.45) is 39.4 Å². The van der Waals surface area contributed by atoms with Gasteiger partial charge in [-0.2, -0.15) is 16.8 Å². The van der Waals surface area contributed by atoms with Crippen LogP contribution in [0.25, 0.3) is 0 Å². The minimum absolute atomic E-state index is 0.00373. The SMILES string of the molecule is C=C(C)CCC[C@]1(C)OC(=O)[C@]23CC[C@H]4C(=CC[C@H]5C(C)(C)[C@@H](O[C@@H]6OC[C@@H](OS(=O)(=O)O)[C@H](O)[C@H]6O[C@@H]6O[C@H](C)[C@@H](O[C@@H]7O[C@H](COS(=O)(=O)O)[C@@H](O)[C@H](O[C@@H]8O[C@H](C)[C@@H](O)[C@H](OC)[C@H]8O)[C@H]7O)[C@H](O)[C@H]6O)CC[C@]45C)[C@]2(C)CC(=O)[C@@H]31. The predicted octanol–water partition coefficient (Wildman–Crippen LogP) is 0.473. The highest BCUT2D eigenvalue weighted by atomic mass is 32.3. The second-order valence-electron chi connectivity index (χ2n) is 25.8. The summed E-state index contributed by atoms with van der Waals surface area (Å²) in [6.07, 6.45) is -26.3. The number of Topliss-reactive ketones (excluding diaryl/α,β-unsaturated/α-hetero) is 1. The molecule has 0 aromatic carbocycles. The molecule has 0 aromatic rings. The Labute approximate surface area is 483 Å². The van der Waals surface area contributed by atoms with Crippen molar-refractivity contribution in [2.45, 2.75) is 242 Å². The highest BCUT2D eigenvalue weighted by molar-refractivity contribution is 7.81. The number of ether oxygens (including phenoxy) is 10. The highest BCUT2D eigenvalue weighted by Gasteiger charge is 2.79.